The minimum Gasteiger partial charge on any atom is -0.462 e. The van der Waals surface area contributed by atoms with E-state index in [-0.39, 0.29) is 18.6 Å². The molecule has 0 spiro atoms. The van der Waals surface area contributed by atoms with Crippen molar-refractivity contribution >= 4 is 33.4 Å². The Morgan fingerprint density at radius 1 is 0.507 bits per heavy atom. The highest BCUT2D eigenvalue weighted by Gasteiger charge is 2.54. The first-order valence-corrected chi connectivity index (χ1v) is 28.3. The standard InChI is InChI=1S/C50H86O17P2/c1-3-5-7-9-11-12-13-14-15-16-17-18-19-20-21-22-23-25-29-34-38-44(53)65-42(39-63-43(52)37-33-30-26-28-32-36-41(51)35-31-27-24-10-8-6-4-2)40-64-69(61,62)67-50-47(56)45(54)46(55)49(48(50)57)66-68(58,59)60/h12-13,15-16,18-19,24,27,31,35,42,45-50,54-57H,3-11,14,17,20-23,25-26,28-30,32-34,36-40H2,1-2H3,(H,61,62)(H2,58,59,60)/b13-12-,16-15-,19-18-,27-24-,35-31+/t42-,45?,46?,47?,48?,49-,50+/m1/s1. The number of aliphatic hydroxyl groups is 4. The Morgan fingerprint density at radius 2 is 0.971 bits per heavy atom. The highest BCUT2D eigenvalue weighted by molar-refractivity contribution is 7.47. The highest BCUT2D eigenvalue weighted by atomic mass is 31.2. The second kappa shape index (κ2) is 39.9. The van der Waals surface area contributed by atoms with Gasteiger partial charge in [-0.2, -0.15) is 0 Å². The zero-order chi connectivity index (χ0) is 51.2. The molecule has 398 valence electrons. The Hall–Kier alpha value is -2.63. The molecule has 0 heterocycles. The summed E-state index contributed by atoms with van der Waals surface area (Å²) in [5.74, 6) is -1.26. The fourth-order valence-corrected chi connectivity index (χ4v) is 8.85. The fourth-order valence-electron chi connectivity index (χ4n) is 7.31. The summed E-state index contributed by atoms with van der Waals surface area (Å²) in [4.78, 5) is 66.5. The van der Waals surface area contributed by atoms with Gasteiger partial charge in [0.15, 0.2) is 11.9 Å². The third kappa shape index (κ3) is 34.4. The van der Waals surface area contributed by atoms with Crippen LogP contribution in [0.15, 0.2) is 60.8 Å². The SMILES string of the molecule is CCCCC/C=C\C=C\C(=O)CCCCCCCC(=O)OC[C@H](COP(=O)(O)O[C@H]1C(O)C(O)C(O)[C@@H](OP(=O)(O)O)C1O)OC(=O)CCCCCCCC/C=C\C/C=C\C/C=C\CCCCCC. The summed E-state index contributed by atoms with van der Waals surface area (Å²) in [6, 6.07) is 0. The van der Waals surface area contributed by atoms with Crippen LogP contribution < -0.4 is 0 Å². The van der Waals surface area contributed by atoms with Crippen LogP contribution in [-0.2, 0) is 46.6 Å². The van der Waals surface area contributed by atoms with Crippen LogP contribution in [0.1, 0.15) is 181 Å². The number of hydrogen-bond donors (Lipinski definition) is 7. The summed E-state index contributed by atoms with van der Waals surface area (Å²) < 4.78 is 49.4. The third-order valence-corrected chi connectivity index (χ3v) is 12.8. The molecule has 1 aliphatic carbocycles. The third-order valence-electron chi connectivity index (χ3n) is 11.3. The average Bonchev–Trinajstić information content (AvgIpc) is 3.30. The van der Waals surface area contributed by atoms with Gasteiger partial charge in [-0.25, -0.2) is 9.13 Å². The van der Waals surface area contributed by atoms with Crippen LogP contribution in [-0.4, -0.2) is 109 Å². The van der Waals surface area contributed by atoms with Crippen molar-refractivity contribution in [3.63, 3.8) is 0 Å². The topological polar surface area (TPSA) is 273 Å². The predicted molar refractivity (Wildman–Crippen MR) is 265 cm³/mol. The first kappa shape index (κ1) is 64.4. The maximum absolute atomic E-state index is 13.0. The van der Waals surface area contributed by atoms with Crippen molar-refractivity contribution < 1.29 is 81.7 Å². The van der Waals surface area contributed by atoms with Crippen LogP contribution in [0.5, 0.6) is 0 Å². The molecule has 0 aromatic heterocycles. The van der Waals surface area contributed by atoms with Crippen LogP contribution in [0.2, 0.25) is 0 Å². The normalized spacial score (nSPS) is 21.5. The molecule has 1 saturated carbocycles. The van der Waals surface area contributed by atoms with Gasteiger partial charge in [-0.05, 0) is 76.7 Å². The molecule has 19 heteroatoms. The number of ether oxygens (including phenoxy) is 2. The number of esters is 2. The zero-order valence-corrected chi connectivity index (χ0v) is 43.0. The molecule has 0 saturated heterocycles. The molecule has 0 aromatic carbocycles. The Balaban J connectivity index is 2.60. The number of carbonyl (C=O) groups is 3. The summed E-state index contributed by atoms with van der Waals surface area (Å²) in [5.41, 5.74) is 0. The monoisotopic (exact) mass is 1020 g/mol. The van der Waals surface area contributed by atoms with E-state index in [1.165, 1.54) is 32.1 Å². The molecule has 8 atom stereocenters. The lowest BCUT2D eigenvalue weighted by molar-refractivity contribution is -0.216. The largest absolute Gasteiger partial charge is 0.472 e. The molecule has 17 nitrogen and oxygen atoms in total. The van der Waals surface area contributed by atoms with Crippen LogP contribution in [0, 0.1) is 0 Å². The summed E-state index contributed by atoms with van der Waals surface area (Å²) in [6.07, 6.45) is 28.4. The average molecular weight is 1020 g/mol. The summed E-state index contributed by atoms with van der Waals surface area (Å²) in [5, 5.41) is 41.3. The zero-order valence-electron chi connectivity index (χ0n) is 41.2. The summed E-state index contributed by atoms with van der Waals surface area (Å²) in [6.45, 7) is 2.94. The molecule has 1 fully saturated rings. The van der Waals surface area contributed by atoms with Gasteiger partial charge in [-0.15, -0.1) is 0 Å². The molecule has 0 radical (unpaired) electrons. The quantitative estimate of drug-likeness (QED) is 0.00749. The number of allylic oxidation sites excluding steroid dienone is 10. The molecule has 0 amide bonds. The summed E-state index contributed by atoms with van der Waals surface area (Å²) in [7, 11) is -10.7. The van der Waals surface area contributed by atoms with Gasteiger partial charge in [0.2, 0.25) is 0 Å². The fraction of sp³-hybridized carbons (Fsp3) is 0.740. The molecule has 0 aromatic rings. The van der Waals surface area contributed by atoms with Crippen LogP contribution in [0.4, 0.5) is 0 Å². The van der Waals surface area contributed by atoms with Gasteiger partial charge < -0.3 is 44.6 Å². The van der Waals surface area contributed by atoms with Crippen LogP contribution in [0.3, 0.4) is 0 Å². The first-order valence-electron chi connectivity index (χ1n) is 25.3. The van der Waals surface area contributed by atoms with E-state index in [9.17, 15) is 58.6 Å². The molecule has 1 rings (SSSR count). The Labute approximate surface area is 411 Å². The molecule has 0 bridgehead atoms. The van der Waals surface area contributed by atoms with Gasteiger partial charge in [0.25, 0.3) is 0 Å². The van der Waals surface area contributed by atoms with Crippen molar-refractivity contribution in [1.82, 2.24) is 0 Å². The minimum atomic E-state index is -5.38. The molecule has 0 aliphatic heterocycles. The van der Waals surface area contributed by atoms with E-state index in [0.717, 1.165) is 96.3 Å². The maximum Gasteiger partial charge on any atom is 0.472 e. The smallest absolute Gasteiger partial charge is 0.462 e. The number of hydrogen-bond acceptors (Lipinski definition) is 14. The van der Waals surface area contributed by atoms with Crippen molar-refractivity contribution in [2.45, 2.75) is 224 Å². The Kier molecular flexibility index (Phi) is 37.3. The lowest BCUT2D eigenvalue weighted by atomic mass is 9.85. The van der Waals surface area contributed by atoms with E-state index < -0.39 is 83.5 Å². The van der Waals surface area contributed by atoms with Crippen molar-refractivity contribution in [2.75, 3.05) is 13.2 Å². The predicted octanol–water partition coefficient (Wildman–Crippen LogP) is 9.41. The number of carbonyl (C=O) groups excluding carboxylic acids is 3. The molecular weight excluding hydrogens is 934 g/mol. The van der Waals surface area contributed by atoms with E-state index in [0.29, 0.717) is 25.7 Å². The van der Waals surface area contributed by atoms with Gasteiger partial charge in [0.05, 0.1) is 6.61 Å². The van der Waals surface area contributed by atoms with Gasteiger partial charge in [-0.3, -0.25) is 28.0 Å². The molecule has 5 unspecified atom stereocenters. The van der Waals surface area contributed by atoms with Gasteiger partial charge >= 0.3 is 27.6 Å². The van der Waals surface area contributed by atoms with Crippen LogP contribution in [0.25, 0.3) is 0 Å². The number of ketones is 1. The lowest BCUT2D eigenvalue weighted by Crippen LogP contribution is -2.64. The van der Waals surface area contributed by atoms with Gasteiger partial charge in [0, 0.05) is 19.3 Å². The highest BCUT2D eigenvalue weighted by Crippen LogP contribution is 2.49. The van der Waals surface area contributed by atoms with Crippen molar-refractivity contribution in [3.05, 3.63) is 60.8 Å². The second-order valence-corrected chi connectivity index (χ2v) is 20.2. The first-order chi connectivity index (χ1) is 33.0. The number of unbranched alkanes of at least 4 members (excludes halogenated alkanes) is 17. The number of phosphoric ester groups is 2. The van der Waals surface area contributed by atoms with Gasteiger partial charge in [0.1, 0.15) is 43.2 Å². The van der Waals surface area contributed by atoms with E-state index in [1.807, 2.05) is 6.08 Å². The van der Waals surface area contributed by atoms with Crippen LogP contribution >= 0.6 is 15.6 Å². The Bertz CT molecular complexity index is 1630. The summed E-state index contributed by atoms with van der Waals surface area (Å²) >= 11 is 0. The van der Waals surface area contributed by atoms with Crippen molar-refractivity contribution in [1.29, 1.82) is 0 Å². The van der Waals surface area contributed by atoms with Crippen molar-refractivity contribution in [2.24, 2.45) is 0 Å². The molecule has 69 heavy (non-hydrogen) atoms. The Morgan fingerprint density at radius 3 is 1.55 bits per heavy atom. The van der Waals surface area contributed by atoms with E-state index >= 15 is 0 Å². The van der Waals surface area contributed by atoms with Crippen molar-refractivity contribution in [3.8, 4) is 0 Å². The van der Waals surface area contributed by atoms with E-state index in [2.05, 4.69) is 60.9 Å². The second-order valence-electron chi connectivity index (χ2n) is 17.6. The number of rotatable bonds is 42. The molecular formula is C50H86O17P2. The maximum atomic E-state index is 13.0. The van der Waals surface area contributed by atoms with E-state index in [1.54, 1.807) is 12.2 Å². The number of aliphatic hydroxyl groups excluding tert-OH is 4. The van der Waals surface area contributed by atoms with Gasteiger partial charge in [-0.1, -0.05) is 146 Å². The van der Waals surface area contributed by atoms with E-state index in [4.69, 9.17) is 18.5 Å². The number of phosphoric acid groups is 2. The molecule has 1 aliphatic rings. The lowest BCUT2D eigenvalue weighted by Gasteiger charge is -2.43. The molecule has 7 N–H and O–H groups in total. The minimum absolute atomic E-state index is 0.00241.